The molecule has 0 aromatic heterocycles. The summed E-state index contributed by atoms with van der Waals surface area (Å²) < 4.78 is 26.6. The van der Waals surface area contributed by atoms with Crippen LogP contribution < -0.4 is 0 Å². The number of carboxylic acid groups (broad SMARTS) is 1. The molecule has 0 heterocycles. The molecule has 0 saturated heterocycles. The standard InChI is InChI=1S/C12H8F2O3S/c1-7(15)18-4-2-3-8-5-11(14)9(12(16)17)6-10(8)13/h5-6H,4H2,1H3,(H,16,17). The Kier molecular flexibility index (Phi) is 4.86. The molecule has 0 aliphatic heterocycles. The molecule has 0 atom stereocenters. The van der Waals surface area contributed by atoms with Crippen molar-refractivity contribution in [3.63, 3.8) is 0 Å². The minimum absolute atomic E-state index is 0.128. The van der Waals surface area contributed by atoms with Crippen LogP contribution in [0.3, 0.4) is 0 Å². The van der Waals surface area contributed by atoms with Gasteiger partial charge in [0.25, 0.3) is 0 Å². The van der Waals surface area contributed by atoms with Crippen molar-refractivity contribution in [2.75, 3.05) is 5.75 Å². The third kappa shape index (κ3) is 3.86. The number of rotatable bonds is 2. The van der Waals surface area contributed by atoms with E-state index >= 15 is 0 Å². The zero-order chi connectivity index (χ0) is 13.7. The van der Waals surface area contributed by atoms with Crippen LogP contribution in [-0.2, 0) is 4.79 Å². The molecule has 0 spiro atoms. The number of aromatic carboxylic acids is 1. The van der Waals surface area contributed by atoms with Gasteiger partial charge in [0.05, 0.1) is 16.9 Å². The zero-order valence-electron chi connectivity index (χ0n) is 9.29. The summed E-state index contributed by atoms with van der Waals surface area (Å²) in [6, 6.07) is 1.31. The van der Waals surface area contributed by atoms with E-state index in [0.717, 1.165) is 17.8 Å². The van der Waals surface area contributed by atoms with Gasteiger partial charge in [0.2, 0.25) is 0 Å². The van der Waals surface area contributed by atoms with Crippen molar-refractivity contribution in [3.8, 4) is 11.8 Å². The van der Waals surface area contributed by atoms with Crippen LogP contribution in [0.5, 0.6) is 0 Å². The van der Waals surface area contributed by atoms with Gasteiger partial charge in [-0.25, -0.2) is 13.6 Å². The average Bonchev–Trinajstić information content (AvgIpc) is 2.27. The molecule has 0 fully saturated rings. The summed E-state index contributed by atoms with van der Waals surface area (Å²) in [4.78, 5) is 21.1. The van der Waals surface area contributed by atoms with E-state index in [1.807, 2.05) is 0 Å². The highest BCUT2D eigenvalue weighted by Crippen LogP contribution is 2.14. The molecule has 0 unspecified atom stereocenters. The number of benzene rings is 1. The average molecular weight is 270 g/mol. The molecule has 3 nitrogen and oxygen atoms in total. The fourth-order valence-corrected chi connectivity index (χ4v) is 1.42. The number of thioether (sulfide) groups is 1. The Morgan fingerprint density at radius 3 is 2.56 bits per heavy atom. The maximum Gasteiger partial charge on any atom is 0.338 e. The second kappa shape index (κ2) is 6.17. The maximum absolute atomic E-state index is 13.4. The lowest BCUT2D eigenvalue weighted by atomic mass is 10.1. The summed E-state index contributed by atoms with van der Waals surface area (Å²) in [7, 11) is 0. The van der Waals surface area contributed by atoms with E-state index in [1.165, 1.54) is 6.92 Å². The molecule has 0 saturated carbocycles. The van der Waals surface area contributed by atoms with Gasteiger partial charge in [-0.15, -0.1) is 0 Å². The first-order valence-corrected chi connectivity index (χ1v) is 5.75. The predicted octanol–water partition coefficient (Wildman–Crippen LogP) is 2.29. The van der Waals surface area contributed by atoms with E-state index < -0.39 is 23.2 Å². The van der Waals surface area contributed by atoms with E-state index in [0.29, 0.717) is 6.07 Å². The molecule has 0 aliphatic carbocycles. The number of halogens is 2. The van der Waals surface area contributed by atoms with Crippen LogP contribution in [0.4, 0.5) is 8.78 Å². The maximum atomic E-state index is 13.4. The molecule has 6 heteroatoms. The molecule has 18 heavy (non-hydrogen) atoms. The second-order valence-electron chi connectivity index (χ2n) is 3.20. The Morgan fingerprint density at radius 2 is 2.00 bits per heavy atom. The molecule has 94 valence electrons. The molecule has 1 aromatic rings. The van der Waals surface area contributed by atoms with Crippen molar-refractivity contribution < 1.29 is 23.5 Å². The Morgan fingerprint density at radius 1 is 1.33 bits per heavy atom. The fraction of sp³-hybridized carbons (Fsp3) is 0.167. The number of carbonyl (C=O) groups excluding carboxylic acids is 1. The van der Waals surface area contributed by atoms with E-state index in [1.54, 1.807) is 0 Å². The van der Waals surface area contributed by atoms with E-state index in [9.17, 15) is 18.4 Å². The molecule has 1 aromatic carbocycles. The molecule has 0 aliphatic rings. The van der Waals surface area contributed by atoms with Gasteiger partial charge in [0.1, 0.15) is 11.6 Å². The Hall–Kier alpha value is -1.87. The molecular formula is C12H8F2O3S. The largest absolute Gasteiger partial charge is 0.478 e. The van der Waals surface area contributed by atoms with Gasteiger partial charge in [-0.2, -0.15) is 0 Å². The summed E-state index contributed by atoms with van der Waals surface area (Å²) in [6.45, 7) is 1.37. The van der Waals surface area contributed by atoms with E-state index in [4.69, 9.17) is 5.11 Å². The predicted molar refractivity (Wildman–Crippen MR) is 63.3 cm³/mol. The van der Waals surface area contributed by atoms with Gasteiger partial charge in [-0.1, -0.05) is 23.6 Å². The zero-order valence-corrected chi connectivity index (χ0v) is 10.1. The van der Waals surface area contributed by atoms with E-state index in [2.05, 4.69) is 11.8 Å². The Bertz CT molecular complexity index is 558. The van der Waals surface area contributed by atoms with Crippen LogP contribution in [-0.4, -0.2) is 21.9 Å². The SMILES string of the molecule is CC(=O)SCC#Cc1cc(F)c(C(=O)O)cc1F. The third-order valence-electron chi connectivity index (χ3n) is 1.86. The number of hydrogen-bond acceptors (Lipinski definition) is 3. The normalized spacial score (nSPS) is 9.50. The van der Waals surface area contributed by atoms with Gasteiger partial charge in [-0.05, 0) is 12.1 Å². The highest BCUT2D eigenvalue weighted by atomic mass is 32.2. The molecule has 1 N–H and O–H groups in total. The van der Waals surface area contributed by atoms with Gasteiger partial charge in [0.15, 0.2) is 5.12 Å². The van der Waals surface area contributed by atoms with Gasteiger partial charge < -0.3 is 5.11 Å². The fourth-order valence-electron chi connectivity index (χ4n) is 1.08. The monoisotopic (exact) mass is 270 g/mol. The third-order valence-corrected chi connectivity index (χ3v) is 2.55. The van der Waals surface area contributed by atoms with Crippen LogP contribution in [0.2, 0.25) is 0 Å². The van der Waals surface area contributed by atoms with Gasteiger partial charge in [0, 0.05) is 6.92 Å². The summed E-state index contributed by atoms with van der Waals surface area (Å²) in [5.74, 6) is 1.50. The Labute approximate surface area is 106 Å². The lowest BCUT2D eigenvalue weighted by Gasteiger charge is -1.99. The van der Waals surface area contributed by atoms with Gasteiger partial charge in [-0.3, -0.25) is 4.79 Å². The molecule has 1 rings (SSSR count). The van der Waals surface area contributed by atoms with Gasteiger partial charge >= 0.3 is 5.97 Å². The van der Waals surface area contributed by atoms with Crippen LogP contribution in [0.25, 0.3) is 0 Å². The minimum atomic E-state index is -1.54. The lowest BCUT2D eigenvalue weighted by molar-refractivity contribution is -0.109. The van der Waals surface area contributed by atoms with Crippen molar-refractivity contribution in [1.29, 1.82) is 0 Å². The molecule has 0 amide bonds. The van der Waals surface area contributed by atoms with Crippen molar-refractivity contribution in [2.24, 2.45) is 0 Å². The van der Waals surface area contributed by atoms with Crippen molar-refractivity contribution in [1.82, 2.24) is 0 Å². The van der Waals surface area contributed by atoms with Crippen LogP contribution >= 0.6 is 11.8 Å². The smallest absolute Gasteiger partial charge is 0.338 e. The van der Waals surface area contributed by atoms with Crippen LogP contribution in [0.15, 0.2) is 12.1 Å². The van der Waals surface area contributed by atoms with E-state index in [-0.39, 0.29) is 16.4 Å². The second-order valence-corrected chi connectivity index (χ2v) is 4.35. The first kappa shape index (κ1) is 14.2. The van der Waals surface area contributed by atoms with Crippen LogP contribution in [0.1, 0.15) is 22.8 Å². The summed E-state index contributed by atoms with van der Waals surface area (Å²) in [6.07, 6.45) is 0. The minimum Gasteiger partial charge on any atom is -0.478 e. The highest BCUT2D eigenvalue weighted by Gasteiger charge is 2.14. The summed E-state index contributed by atoms with van der Waals surface area (Å²) >= 11 is 0.946. The number of hydrogen-bond donors (Lipinski definition) is 1. The molecular weight excluding hydrogens is 262 g/mol. The van der Waals surface area contributed by atoms with Crippen molar-refractivity contribution in [2.45, 2.75) is 6.92 Å². The summed E-state index contributed by atoms with van der Waals surface area (Å²) in [5, 5.41) is 8.45. The Balaban J connectivity index is 2.94. The highest BCUT2D eigenvalue weighted by molar-refractivity contribution is 8.13. The van der Waals surface area contributed by atoms with Crippen molar-refractivity contribution in [3.05, 3.63) is 34.9 Å². The molecule has 0 radical (unpaired) electrons. The first-order valence-electron chi connectivity index (χ1n) is 4.76. The number of carbonyl (C=O) groups is 2. The number of carboxylic acids is 1. The quantitative estimate of drug-likeness (QED) is 0.838. The van der Waals surface area contributed by atoms with Crippen LogP contribution in [0, 0.1) is 23.5 Å². The topological polar surface area (TPSA) is 54.4 Å². The summed E-state index contributed by atoms with van der Waals surface area (Å²) in [5.41, 5.74) is -0.974. The first-order chi connectivity index (χ1) is 8.41. The molecule has 0 bridgehead atoms. The lowest BCUT2D eigenvalue weighted by Crippen LogP contribution is -2.02. The van der Waals surface area contributed by atoms with Crippen molar-refractivity contribution >= 4 is 22.8 Å².